The normalized spacial score (nSPS) is 32.5. The molecule has 0 aliphatic heterocycles. The summed E-state index contributed by atoms with van der Waals surface area (Å²) >= 11 is 1.86. The fraction of sp³-hybridized carbons (Fsp3) is 0.636. The molecule has 13 heavy (non-hydrogen) atoms. The molecule has 2 heteroatoms. The van der Waals surface area contributed by atoms with Crippen LogP contribution >= 0.6 is 11.3 Å². The van der Waals surface area contributed by atoms with Gasteiger partial charge in [0, 0.05) is 16.8 Å². The first kappa shape index (κ1) is 9.22. The number of thiophene rings is 1. The van der Waals surface area contributed by atoms with E-state index in [1.807, 2.05) is 11.3 Å². The molecule has 72 valence electrons. The van der Waals surface area contributed by atoms with Crippen LogP contribution in [0.3, 0.4) is 0 Å². The molecule has 2 N–H and O–H groups in total. The van der Waals surface area contributed by atoms with Gasteiger partial charge >= 0.3 is 0 Å². The fourth-order valence-corrected chi connectivity index (χ4v) is 3.40. The first-order valence-corrected chi connectivity index (χ1v) is 5.83. The maximum atomic E-state index is 5.89. The summed E-state index contributed by atoms with van der Waals surface area (Å²) in [6.45, 7) is 5.42. The highest BCUT2D eigenvalue weighted by Crippen LogP contribution is 2.58. The monoisotopic (exact) mass is 195 g/mol. The van der Waals surface area contributed by atoms with E-state index in [2.05, 4.69) is 31.4 Å². The molecular weight excluding hydrogens is 178 g/mol. The van der Waals surface area contributed by atoms with Crippen molar-refractivity contribution < 1.29 is 0 Å². The van der Waals surface area contributed by atoms with Gasteiger partial charge in [-0.3, -0.25) is 0 Å². The average molecular weight is 195 g/mol. The molecule has 0 bridgehead atoms. The molecule has 1 nitrogen and oxygen atoms in total. The van der Waals surface area contributed by atoms with Crippen LogP contribution in [0.25, 0.3) is 0 Å². The molecule has 1 aromatic rings. The van der Waals surface area contributed by atoms with Crippen molar-refractivity contribution in [2.45, 2.75) is 25.7 Å². The third kappa shape index (κ3) is 1.32. The molecule has 0 saturated heterocycles. The fourth-order valence-electron chi connectivity index (χ4n) is 2.39. The predicted molar refractivity (Wildman–Crippen MR) is 58.0 cm³/mol. The highest BCUT2D eigenvalue weighted by Gasteiger charge is 2.55. The van der Waals surface area contributed by atoms with Crippen molar-refractivity contribution in [3.63, 3.8) is 0 Å². The van der Waals surface area contributed by atoms with Crippen molar-refractivity contribution in [2.75, 3.05) is 6.54 Å². The molecule has 0 radical (unpaired) electrons. The molecule has 1 aliphatic rings. The summed E-state index contributed by atoms with van der Waals surface area (Å²) in [6.07, 6.45) is 1.29. The molecule has 1 saturated carbocycles. The van der Waals surface area contributed by atoms with E-state index in [0.29, 0.717) is 5.41 Å². The van der Waals surface area contributed by atoms with E-state index in [0.717, 1.165) is 18.4 Å². The van der Waals surface area contributed by atoms with Crippen LogP contribution in [-0.2, 0) is 5.41 Å². The molecule has 2 rings (SSSR count). The lowest BCUT2D eigenvalue weighted by molar-refractivity contribution is 0.488. The third-order valence-corrected chi connectivity index (χ3v) is 4.40. The molecule has 0 amide bonds. The second kappa shape index (κ2) is 3.10. The van der Waals surface area contributed by atoms with Crippen molar-refractivity contribution in [1.82, 2.24) is 0 Å². The second-order valence-corrected chi connectivity index (χ2v) is 5.34. The van der Waals surface area contributed by atoms with E-state index in [1.165, 1.54) is 11.3 Å². The van der Waals surface area contributed by atoms with Gasteiger partial charge in [0.2, 0.25) is 0 Å². The second-order valence-electron chi connectivity index (χ2n) is 4.39. The van der Waals surface area contributed by atoms with Gasteiger partial charge in [-0.15, -0.1) is 11.3 Å². The summed E-state index contributed by atoms with van der Waals surface area (Å²) in [5, 5.41) is 2.16. The zero-order valence-corrected chi connectivity index (χ0v) is 9.10. The minimum absolute atomic E-state index is 0.350. The quantitative estimate of drug-likeness (QED) is 0.788. The zero-order valence-electron chi connectivity index (χ0n) is 8.29. The molecule has 1 fully saturated rings. The van der Waals surface area contributed by atoms with Crippen LogP contribution in [0.1, 0.15) is 25.1 Å². The lowest BCUT2D eigenvalue weighted by atomic mass is 9.95. The van der Waals surface area contributed by atoms with Crippen LogP contribution in [0.5, 0.6) is 0 Å². The van der Waals surface area contributed by atoms with Gasteiger partial charge in [0.25, 0.3) is 0 Å². The SMILES string of the molecule is CC(C)C1CC1(CN)c1cccs1. The van der Waals surface area contributed by atoms with Crippen LogP contribution in [0.15, 0.2) is 17.5 Å². The topological polar surface area (TPSA) is 26.0 Å². The first-order chi connectivity index (χ1) is 6.20. The number of hydrogen-bond acceptors (Lipinski definition) is 2. The molecule has 0 spiro atoms. The smallest absolute Gasteiger partial charge is 0.0203 e. The van der Waals surface area contributed by atoms with Crippen LogP contribution in [-0.4, -0.2) is 6.54 Å². The largest absolute Gasteiger partial charge is 0.330 e. The van der Waals surface area contributed by atoms with Gasteiger partial charge < -0.3 is 5.73 Å². The summed E-state index contributed by atoms with van der Waals surface area (Å²) in [4.78, 5) is 1.49. The minimum Gasteiger partial charge on any atom is -0.330 e. The first-order valence-electron chi connectivity index (χ1n) is 4.95. The summed E-state index contributed by atoms with van der Waals surface area (Å²) in [7, 11) is 0. The highest BCUT2D eigenvalue weighted by molar-refractivity contribution is 7.10. The third-order valence-electron chi connectivity index (χ3n) is 3.31. The summed E-state index contributed by atoms with van der Waals surface area (Å²) in [5.74, 6) is 1.58. The van der Waals surface area contributed by atoms with E-state index >= 15 is 0 Å². The number of rotatable bonds is 3. The van der Waals surface area contributed by atoms with Crippen molar-refractivity contribution >= 4 is 11.3 Å². The Hall–Kier alpha value is -0.340. The van der Waals surface area contributed by atoms with Gasteiger partial charge in [-0.1, -0.05) is 19.9 Å². The Kier molecular flexibility index (Phi) is 2.20. The zero-order chi connectivity index (χ0) is 9.47. The Bertz CT molecular complexity index is 278. The van der Waals surface area contributed by atoms with Crippen LogP contribution < -0.4 is 5.73 Å². The Morgan fingerprint density at radius 1 is 1.69 bits per heavy atom. The Morgan fingerprint density at radius 3 is 2.85 bits per heavy atom. The molecule has 2 unspecified atom stereocenters. The molecule has 1 aromatic heterocycles. The molecule has 1 heterocycles. The highest BCUT2D eigenvalue weighted by atomic mass is 32.1. The Morgan fingerprint density at radius 2 is 2.46 bits per heavy atom. The van der Waals surface area contributed by atoms with Crippen molar-refractivity contribution in [1.29, 1.82) is 0 Å². The molecule has 2 atom stereocenters. The van der Waals surface area contributed by atoms with E-state index in [1.54, 1.807) is 0 Å². The van der Waals surface area contributed by atoms with E-state index in [9.17, 15) is 0 Å². The Balaban J connectivity index is 2.21. The van der Waals surface area contributed by atoms with Crippen LogP contribution in [0, 0.1) is 11.8 Å². The number of hydrogen-bond donors (Lipinski definition) is 1. The summed E-state index contributed by atoms with van der Waals surface area (Å²) in [6, 6.07) is 4.37. The summed E-state index contributed by atoms with van der Waals surface area (Å²) in [5.41, 5.74) is 6.24. The van der Waals surface area contributed by atoms with Crippen LogP contribution in [0.4, 0.5) is 0 Å². The minimum atomic E-state index is 0.350. The Labute approximate surface area is 84.0 Å². The predicted octanol–water partition coefficient (Wildman–Crippen LogP) is 2.62. The summed E-state index contributed by atoms with van der Waals surface area (Å²) < 4.78 is 0. The van der Waals surface area contributed by atoms with Crippen LogP contribution in [0.2, 0.25) is 0 Å². The van der Waals surface area contributed by atoms with Gasteiger partial charge in [-0.25, -0.2) is 0 Å². The standard InChI is InChI=1S/C11H17NS/c1-8(2)9-6-11(9,7-12)10-4-3-5-13-10/h3-5,8-9H,6-7,12H2,1-2H3. The molecular formula is C11H17NS. The lowest BCUT2D eigenvalue weighted by Crippen LogP contribution is -2.22. The van der Waals surface area contributed by atoms with Crippen molar-refractivity contribution in [3.05, 3.63) is 22.4 Å². The molecule has 1 aliphatic carbocycles. The van der Waals surface area contributed by atoms with Gasteiger partial charge in [0.1, 0.15) is 0 Å². The van der Waals surface area contributed by atoms with Crippen molar-refractivity contribution in [3.8, 4) is 0 Å². The van der Waals surface area contributed by atoms with E-state index in [-0.39, 0.29) is 0 Å². The average Bonchev–Trinajstić information content (AvgIpc) is 2.62. The van der Waals surface area contributed by atoms with Gasteiger partial charge in [-0.05, 0) is 29.7 Å². The maximum Gasteiger partial charge on any atom is 0.0203 e. The van der Waals surface area contributed by atoms with Gasteiger partial charge in [-0.2, -0.15) is 0 Å². The van der Waals surface area contributed by atoms with Gasteiger partial charge in [0.15, 0.2) is 0 Å². The maximum absolute atomic E-state index is 5.89. The molecule has 0 aromatic carbocycles. The number of nitrogens with two attached hydrogens (primary N) is 1. The van der Waals surface area contributed by atoms with E-state index < -0.39 is 0 Å². The van der Waals surface area contributed by atoms with E-state index in [4.69, 9.17) is 5.73 Å². The van der Waals surface area contributed by atoms with Gasteiger partial charge in [0.05, 0.1) is 0 Å². The lowest BCUT2D eigenvalue weighted by Gasteiger charge is -2.14. The van der Waals surface area contributed by atoms with Crippen molar-refractivity contribution in [2.24, 2.45) is 17.6 Å².